The molecule has 5 nitrogen and oxygen atoms in total. The van der Waals surface area contributed by atoms with Gasteiger partial charge >= 0.3 is 5.69 Å². The maximum absolute atomic E-state index is 11.0. The zero-order valence-electron chi connectivity index (χ0n) is 10.4. The first kappa shape index (κ1) is 15.5. The summed E-state index contributed by atoms with van der Waals surface area (Å²) in [6.45, 7) is 1.80. The van der Waals surface area contributed by atoms with Gasteiger partial charge in [0.25, 0.3) is 0 Å². The van der Waals surface area contributed by atoms with Crippen LogP contribution in [0.4, 0.5) is 5.69 Å². The van der Waals surface area contributed by atoms with Crippen LogP contribution in [0.5, 0.6) is 5.75 Å². The molecule has 0 aromatic heterocycles. The van der Waals surface area contributed by atoms with E-state index in [-0.39, 0.29) is 18.0 Å². The van der Waals surface area contributed by atoms with Gasteiger partial charge in [0.15, 0.2) is 0 Å². The van der Waals surface area contributed by atoms with Crippen LogP contribution in [0, 0.1) is 22.5 Å². The van der Waals surface area contributed by atoms with Gasteiger partial charge in [-0.05, 0) is 19.4 Å². The summed E-state index contributed by atoms with van der Waals surface area (Å²) >= 11 is 3.18. The maximum atomic E-state index is 11.0. The van der Waals surface area contributed by atoms with Crippen LogP contribution < -0.4 is 4.74 Å². The smallest absolute Gasteiger partial charge is 0.312 e. The van der Waals surface area contributed by atoms with Crippen molar-refractivity contribution in [3.8, 4) is 18.1 Å². The van der Waals surface area contributed by atoms with E-state index in [1.807, 2.05) is 0 Å². The van der Waals surface area contributed by atoms with Crippen LogP contribution in [0.3, 0.4) is 0 Å². The molecule has 0 unspecified atom stereocenters. The van der Waals surface area contributed by atoms with Gasteiger partial charge < -0.3 is 9.84 Å². The van der Waals surface area contributed by atoms with Crippen molar-refractivity contribution < 1.29 is 14.8 Å². The third kappa shape index (κ3) is 4.23. The maximum Gasteiger partial charge on any atom is 0.312 e. The molecule has 0 aliphatic heterocycles. The van der Waals surface area contributed by atoms with E-state index < -0.39 is 11.0 Å². The van der Waals surface area contributed by atoms with Crippen molar-refractivity contribution in [3.05, 3.63) is 32.3 Å². The van der Waals surface area contributed by atoms with Gasteiger partial charge in [-0.2, -0.15) is 0 Å². The van der Waals surface area contributed by atoms with Crippen LogP contribution in [-0.2, 0) is 0 Å². The predicted octanol–water partition coefficient (Wildman–Crippen LogP) is 3.20. The van der Waals surface area contributed by atoms with Crippen molar-refractivity contribution >= 4 is 21.6 Å². The minimum atomic E-state index is -0.862. The molecule has 1 rings (SSSR count). The molecule has 1 aromatic rings. The number of nitro groups is 1. The van der Waals surface area contributed by atoms with Crippen molar-refractivity contribution in [1.29, 1.82) is 0 Å². The molecule has 6 heteroatoms. The standard InChI is InChI=1S/C13H14BrNO4/c1-3-4-5-6-19-13-11(9(2)16)7-10(14)8-12(13)15(17)18/h1,7-9,16H,4-6H2,2H3/t9-/m0/s1. The Morgan fingerprint density at radius 3 is 2.84 bits per heavy atom. The lowest BCUT2D eigenvalue weighted by atomic mass is 10.1. The fraction of sp³-hybridized carbons (Fsp3) is 0.385. The number of nitro benzene ring substituents is 1. The van der Waals surface area contributed by atoms with Crippen LogP contribution >= 0.6 is 15.9 Å². The average Bonchev–Trinajstić information content (AvgIpc) is 2.34. The fourth-order valence-corrected chi connectivity index (χ4v) is 2.01. The van der Waals surface area contributed by atoms with E-state index in [0.717, 1.165) is 0 Å². The molecule has 1 N–H and O–H groups in total. The van der Waals surface area contributed by atoms with Crippen LogP contribution in [0.15, 0.2) is 16.6 Å². The zero-order chi connectivity index (χ0) is 14.4. The monoisotopic (exact) mass is 327 g/mol. The minimum absolute atomic E-state index is 0.0974. The summed E-state index contributed by atoms with van der Waals surface area (Å²) in [6, 6.07) is 2.95. The number of ether oxygens (including phenoxy) is 1. The third-order valence-electron chi connectivity index (χ3n) is 2.42. The molecule has 0 aliphatic rings. The van der Waals surface area contributed by atoms with Crippen molar-refractivity contribution in [2.45, 2.75) is 25.9 Å². The fourth-order valence-electron chi connectivity index (χ4n) is 1.55. The summed E-state index contributed by atoms with van der Waals surface area (Å²) in [6.07, 6.45) is 5.40. The Labute approximate surface area is 119 Å². The quantitative estimate of drug-likeness (QED) is 0.377. The summed E-state index contributed by atoms with van der Waals surface area (Å²) in [4.78, 5) is 10.5. The highest BCUT2D eigenvalue weighted by molar-refractivity contribution is 9.10. The first-order valence-corrected chi connectivity index (χ1v) is 6.48. The number of rotatable bonds is 6. The molecular formula is C13H14BrNO4. The number of aliphatic hydroxyl groups excluding tert-OH is 1. The molecule has 0 amide bonds. The molecule has 1 atom stereocenters. The van der Waals surface area contributed by atoms with Gasteiger partial charge in [0.1, 0.15) is 0 Å². The second-order valence-electron chi connectivity index (χ2n) is 3.93. The highest BCUT2D eigenvalue weighted by Crippen LogP contribution is 2.37. The Balaban J connectivity index is 3.09. The van der Waals surface area contributed by atoms with Gasteiger partial charge in [0, 0.05) is 22.5 Å². The summed E-state index contributed by atoms with van der Waals surface area (Å²) in [5.74, 6) is 2.56. The van der Waals surface area contributed by atoms with Crippen molar-refractivity contribution in [2.75, 3.05) is 6.61 Å². The number of halogens is 1. The van der Waals surface area contributed by atoms with Crippen molar-refractivity contribution in [1.82, 2.24) is 0 Å². The van der Waals surface area contributed by atoms with Crippen LogP contribution in [0.1, 0.15) is 31.4 Å². The van der Waals surface area contributed by atoms with Crippen molar-refractivity contribution in [3.63, 3.8) is 0 Å². The van der Waals surface area contributed by atoms with Gasteiger partial charge in [0.2, 0.25) is 5.75 Å². The van der Waals surface area contributed by atoms with Gasteiger partial charge in [-0.25, -0.2) is 0 Å². The van der Waals surface area contributed by atoms with Gasteiger partial charge in [-0.1, -0.05) is 15.9 Å². The molecule has 0 aliphatic carbocycles. The Bertz CT molecular complexity index is 508. The van der Waals surface area contributed by atoms with Crippen LogP contribution in [0.25, 0.3) is 0 Å². The number of benzene rings is 1. The summed E-state index contributed by atoms with van der Waals surface area (Å²) in [5, 5.41) is 20.7. The normalized spacial score (nSPS) is 11.7. The predicted molar refractivity (Wildman–Crippen MR) is 75.0 cm³/mol. The second kappa shape index (κ2) is 7.12. The van der Waals surface area contributed by atoms with E-state index in [0.29, 0.717) is 22.9 Å². The molecule has 0 bridgehead atoms. The highest BCUT2D eigenvalue weighted by Gasteiger charge is 2.23. The van der Waals surface area contributed by atoms with E-state index in [2.05, 4.69) is 21.9 Å². The molecule has 0 fully saturated rings. The van der Waals surface area contributed by atoms with E-state index in [1.165, 1.54) is 13.0 Å². The van der Waals surface area contributed by atoms with E-state index >= 15 is 0 Å². The van der Waals surface area contributed by atoms with Crippen LogP contribution in [0.2, 0.25) is 0 Å². The number of nitrogens with zero attached hydrogens (tertiary/aromatic N) is 1. The molecule has 102 valence electrons. The lowest BCUT2D eigenvalue weighted by Crippen LogP contribution is -2.05. The van der Waals surface area contributed by atoms with Gasteiger partial charge in [-0.15, -0.1) is 12.3 Å². The third-order valence-corrected chi connectivity index (χ3v) is 2.88. The molecule has 1 aromatic carbocycles. The Morgan fingerprint density at radius 1 is 1.63 bits per heavy atom. The highest BCUT2D eigenvalue weighted by atomic mass is 79.9. The van der Waals surface area contributed by atoms with Crippen LogP contribution in [-0.4, -0.2) is 16.6 Å². The van der Waals surface area contributed by atoms with Gasteiger partial charge in [-0.3, -0.25) is 10.1 Å². The van der Waals surface area contributed by atoms with E-state index in [9.17, 15) is 15.2 Å². The SMILES string of the molecule is C#CCCCOc1c([C@H](C)O)cc(Br)cc1[N+](=O)[O-]. The number of aliphatic hydroxyl groups is 1. The Morgan fingerprint density at radius 2 is 2.32 bits per heavy atom. The Kier molecular flexibility index (Phi) is 5.80. The average molecular weight is 328 g/mol. The topological polar surface area (TPSA) is 72.6 Å². The lowest BCUT2D eigenvalue weighted by molar-refractivity contribution is -0.386. The zero-order valence-corrected chi connectivity index (χ0v) is 12.0. The van der Waals surface area contributed by atoms with Crippen molar-refractivity contribution in [2.24, 2.45) is 0 Å². The molecular weight excluding hydrogens is 314 g/mol. The number of unbranched alkanes of at least 4 members (excludes halogenated alkanes) is 1. The molecule has 0 saturated heterocycles. The Hall–Kier alpha value is -1.58. The number of hydrogen-bond donors (Lipinski definition) is 1. The molecule has 0 heterocycles. The number of hydrogen-bond acceptors (Lipinski definition) is 4. The summed E-state index contributed by atoms with van der Waals surface area (Å²) in [7, 11) is 0. The molecule has 0 spiro atoms. The lowest BCUT2D eigenvalue weighted by Gasteiger charge is -2.14. The largest absolute Gasteiger partial charge is 0.487 e. The molecule has 0 saturated carbocycles. The summed E-state index contributed by atoms with van der Waals surface area (Å²) < 4.78 is 5.95. The molecule has 19 heavy (non-hydrogen) atoms. The second-order valence-corrected chi connectivity index (χ2v) is 4.85. The first-order chi connectivity index (χ1) is 8.97. The minimum Gasteiger partial charge on any atom is -0.487 e. The molecule has 0 radical (unpaired) electrons. The van der Waals surface area contributed by atoms with E-state index in [4.69, 9.17) is 11.2 Å². The van der Waals surface area contributed by atoms with E-state index in [1.54, 1.807) is 6.07 Å². The first-order valence-electron chi connectivity index (χ1n) is 5.69. The van der Waals surface area contributed by atoms with Gasteiger partial charge in [0.05, 0.1) is 17.6 Å². The summed E-state index contributed by atoms with van der Waals surface area (Å²) in [5.41, 5.74) is 0.202. The number of terminal acetylenes is 1.